The molecule has 0 fully saturated rings. The van der Waals surface area contributed by atoms with Crippen molar-refractivity contribution in [1.82, 2.24) is 4.90 Å². The summed E-state index contributed by atoms with van der Waals surface area (Å²) in [5.74, 6) is 0.367. The van der Waals surface area contributed by atoms with Gasteiger partial charge in [0.05, 0.1) is 0 Å². The van der Waals surface area contributed by atoms with Crippen LogP contribution in [0.1, 0.15) is 23.1 Å². The number of carbonyl (C=O) groups is 1. The van der Waals surface area contributed by atoms with E-state index >= 15 is 0 Å². The lowest BCUT2D eigenvalue weighted by atomic mass is 10.1. The second-order valence-electron chi connectivity index (χ2n) is 5.95. The number of benzene rings is 2. The summed E-state index contributed by atoms with van der Waals surface area (Å²) in [6, 6.07) is 12.2. The highest BCUT2D eigenvalue weighted by molar-refractivity contribution is 5.77. The monoisotopic (exact) mass is 313 g/mol. The molecule has 4 heteroatoms. The Morgan fingerprint density at radius 1 is 1.13 bits per heavy atom. The number of amides is 1. The molecule has 0 radical (unpaired) electrons. The van der Waals surface area contributed by atoms with E-state index in [4.69, 9.17) is 4.74 Å². The Labute approximate surface area is 135 Å². The van der Waals surface area contributed by atoms with Gasteiger partial charge >= 0.3 is 0 Å². The highest BCUT2D eigenvalue weighted by Gasteiger charge is 2.13. The molecule has 120 valence electrons. The van der Waals surface area contributed by atoms with Crippen LogP contribution in [0.25, 0.3) is 0 Å². The van der Waals surface area contributed by atoms with Crippen molar-refractivity contribution in [3.8, 4) is 5.75 Å². The summed E-state index contributed by atoms with van der Waals surface area (Å²) < 4.78 is 18.5. The molecule has 0 saturated heterocycles. The average molecular weight is 313 g/mol. The van der Waals surface area contributed by atoms with E-state index in [1.54, 1.807) is 24.1 Å². The molecule has 1 amide bonds. The number of fused-ring (bicyclic) bond motifs is 1. The third-order valence-corrected chi connectivity index (χ3v) is 4.19. The fraction of sp³-hybridized carbons (Fsp3) is 0.316. The maximum absolute atomic E-state index is 12.9. The number of hydrogen-bond donors (Lipinski definition) is 0. The van der Waals surface area contributed by atoms with Gasteiger partial charge in [0.1, 0.15) is 11.6 Å². The molecule has 0 heterocycles. The first-order valence-corrected chi connectivity index (χ1v) is 7.85. The van der Waals surface area contributed by atoms with E-state index in [0.717, 1.165) is 24.2 Å². The highest BCUT2D eigenvalue weighted by atomic mass is 19.1. The summed E-state index contributed by atoms with van der Waals surface area (Å²) in [4.78, 5) is 13.7. The maximum atomic E-state index is 12.9. The molecule has 0 N–H and O–H groups in total. The summed E-state index contributed by atoms with van der Waals surface area (Å²) in [7, 11) is 1.72. The molecule has 0 bridgehead atoms. The standard InChI is InChI=1S/C19H20FNO2/c1-21(12-14-5-8-17(20)9-6-14)19(22)13-23-18-10-7-15-3-2-4-16(15)11-18/h5-11H,2-4,12-13H2,1H3. The van der Waals surface area contributed by atoms with Crippen LogP contribution in [0.2, 0.25) is 0 Å². The van der Waals surface area contributed by atoms with E-state index < -0.39 is 0 Å². The molecule has 3 rings (SSSR count). The molecule has 1 aliphatic rings. The SMILES string of the molecule is CN(Cc1ccc(F)cc1)C(=O)COc1ccc2c(c1)CCC2. The summed E-state index contributed by atoms with van der Waals surface area (Å²) in [6.07, 6.45) is 3.41. The lowest BCUT2D eigenvalue weighted by Gasteiger charge is -2.18. The molecule has 1 aliphatic carbocycles. The number of carbonyl (C=O) groups excluding carboxylic acids is 1. The van der Waals surface area contributed by atoms with Crippen LogP contribution < -0.4 is 4.74 Å². The number of halogens is 1. The van der Waals surface area contributed by atoms with E-state index in [2.05, 4.69) is 6.07 Å². The van der Waals surface area contributed by atoms with Crippen LogP contribution in [0.15, 0.2) is 42.5 Å². The smallest absolute Gasteiger partial charge is 0.260 e. The van der Waals surface area contributed by atoms with Crippen molar-refractivity contribution < 1.29 is 13.9 Å². The number of likely N-dealkylation sites (N-methyl/N-ethyl adjacent to an activating group) is 1. The Hall–Kier alpha value is -2.36. The van der Waals surface area contributed by atoms with Crippen molar-refractivity contribution in [3.63, 3.8) is 0 Å². The Morgan fingerprint density at radius 2 is 1.87 bits per heavy atom. The molecular weight excluding hydrogens is 293 g/mol. The Bertz CT molecular complexity index is 697. The van der Waals surface area contributed by atoms with Crippen LogP contribution in [-0.2, 0) is 24.2 Å². The number of ether oxygens (including phenoxy) is 1. The third-order valence-electron chi connectivity index (χ3n) is 4.19. The van der Waals surface area contributed by atoms with Crippen molar-refractivity contribution in [2.24, 2.45) is 0 Å². The quantitative estimate of drug-likeness (QED) is 0.847. The first kappa shape index (κ1) is 15.5. The van der Waals surface area contributed by atoms with Crippen LogP contribution in [0.4, 0.5) is 4.39 Å². The Kier molecular flexibility index (Phi) is 4.60. The summed E-state index contributed by atoms with van der Waals surface area (Å²) in [5.41, 5.74) is 3.60. The lowest BCUT2D eigenvalue weighted by Crippen LogP contribution is -2.30. The van der Waals surface area contributed by atoms with Gasteiger partial charge < -0.3 is 9.64 Å². The zero-order valence-electron chi connectivity index (χ0n) is 13.2. The minimum Gasteiger partial charge on any atom is -0.484 e. The van der Waals surface area contributed by atoms with E-state index in [-0.39, 0.29) is 18.3 Å². The first-order chi connectivity index (χ1) is 11.1. The molecule has 3 nitrogen and oxygen atoms in total. The van der Waals surface area contributed by atoms with Crippen molar-refractivity contribution in [1.29, 1.82) is 0 Å². The fourth-order valence-electron chi connectivity index (χ4n) is 2.85. The molecule has 23 heavy (non-hydrogen) atoms. The minimum atomic E-state index is -0.275. The van der Waals surface area contributed by atoms with Gasteiger partial charge in [-0.05, 0) is 60.2 Å². The van der Waals surface area contributed by atoms with Gasteiger partial charge in [-0.15, -0.1) is 0 Å². The topological polar surface area (TPSA) is 29.5 Å². The lowest BCUT2D eigenvalue weighted by molar-refractivity contribution is -0.132. The van der Waals surface area contributed by atoms with E-state index in [9.17, 15) is 9.18 Å². The summed E-state index contributed by atoms with van der Waals surface area (Å²) >= 11 is 0. The fourth-order valence-corrected chi connectivity index (χ4v) is 2.85. The van der Waals surface area contributed by atoms with Crippen LogP contribution in [0.3, 0.4) is 0 Å². The zero-order chi connectivity index (χ0) is 16.2. The maximum Gasteiger partial charge on any atom is 0.260 e. The van der Waals surface area contributed by atoms with Crippen LogP contribution in [0, 0.1) is 5.82 Å². The Balaban J connectivity index is 1.53. The second kappa shape index (κ2) is 6.82. The molecule has 2 aromatic rings. The highest BCUT2D eigenvalue weighted by Crippen LogP contribution is 2.26. The van der Waals surface area contributed by atoms with Gasteiger partial charge in [-0.25, -0.2) is 4.39 Å². The zero-order valence-corrected chi connectivity index (χ0v) is 13.2. The van der Waals surface area contributed by atoms with Crippen molar-refractivity contribution >= 4 is 5.91 Å². The van der Waals surface area contributed by atoms with Gasteiger partial charge in [-0.2, -0.15) is 0 Å². The number of nitrogens with zero attached hydrogens (tertiary/aromatic N) is 1. The van der Waals surface area contributed by atoms with Crippen molar-refractivity contribution in [2.75, 3.05) is 13.7 Å². The van der Waals surface area contributed by atoms with E-state index in [1.807, 2.05) is 12.1 Å². The summed E-state index contributed by atoms with van der Waals surface area (Å²) in [6.45, 7) is 0.448. The van der Waals surface area contributed by atoms with Gasteiger partial charge in [0, 0.05) is 13.6 Å². The van der Waals surface area contributed by atoms with Gasteiger partial charge in [-0.1, -0.05) is 18.2 Å². The van der Waals surface area contributed by atoms with Crippen molar-refractivity contribution in [2.45, 2.75) is 25.8 Å². The molecular formula is C19H20FNO2. The van der Waals surface area contributed by atoms with Crippen LogP contribution in [0.5, 0.6) is 5.75 Å². The normalized spacial score (nSPS) is 12.8. The van der Waals surface area contributed by atoms with E-state index in [0.29, 0.717) is 6.54 Å². The predicted molar refractivity (Wildman–Crippen MR) is 86.8 cm³/mol. The summed E-state index contributed by atoms with van der Waals surface area (Å²) in [5, 5.41) is 0. The second-order valence-corrected chi connectivity index (χ2v) is 5.95. The predicted octanol–water partition coefficient (Wildman–Crippen LogP) is 3.35. The molecule has 0 aliphatic heterocycles. The molecule has 2 aromatic carbocycles. The largest absolute Gasteiger partial charge is 0.484 e. The molecule has 0 atom stereocenters. The third kappa shape index (κ3) is 3.89. The average Bonchev–Trinajstić information content (AvgIpc) is 3.02. The molecule has 0 aromatic heterocycles. The van der Waals surface area contributed by atoms with Gasteiger partial charge in [0.25, 0.3) is 5.91 Å². The van der Waals surface area contributed by atoms with Gasteiger partial charge in [0.15, 0.2) is 6.61 Å². The van der Waals surface area contributed by atoms with Gasteiger partial charge in [-0.3, -0.25) is 4.79 Å². The molecule has 0 unspecified atom stereocenters. The first-order valence-electron chi connectivity index (χ1n) is 7.85. The number of hydrogen-bond acceptors (Lipinski definition) is 2. The van der Waals surface area contributed by atoms with E-state index in [1.165, 1.54) is 29.7 Å². The van der Waals surface area contributed by atoms with Crippen LogP contribution >= 0.6 is 0 Å². The van der Waals surface area contributed by atoms with Gasteiger partial charge in [0.2, 0.25) is 0 Å². The number of rotatable bonds is 5. The minimum absolute atomic E-state index is 0.0104. The Morgan fingerprint density at radius 3 is 2.65 bits per heavy atom. The van der Waals surface area contributed by atoms with Crippen molar-refractivity contribution in [3.05, 3.63) is 65.0 Å². The number of aryl methyl sites for hydroxylation is 2. The molecule has 0 spiro atoms. The van der Waals surface area contributed by atoms with Crippen LogP contribution in [-0.4, -0.2) is 24.5 Å². The molecule has 0 saturated carbocycles.